The van der Waals surface area contributed by atoms with Crippen molar-refractivity contribution in [1.29, 1.82) is 0 Å². The maximum absolute atomic E-state index is 12.0. The molecule has 0 fully saturated rings. The number of methoxy groups -OCH3 is 2. The Balaban J connectivity index is 1.82. The quantitative estimate of drug-likeness (QED) is 0.201. The number of ether oxygens (including phenoxy) is 4. The summed E-state index contributed by atoms with van der Waals surface area (Å²) in [7, 11) is 3.02. The van der Waals surface area contributed by atoms with Crippen LogP contribution in [0.5, 0.6) is 23.0 Å². The van der Waals surface area contributed by atoms with Gasteiger partial charge in [0.15, 0.2) is 11.5 Å². The Morgan fingerprint density at radius 2 is 1.75 bits per heavy atom. The number of esters is 1. The molecule has 28 heavy (non-hydrogen) atoms. The SMILES string of the molecule is COc1ccc(OCCCC(=O)Oc2ccc(/C=C/[N+](=O)[O-])cc2OC)cc1. The summed E-state index contributed by atoms with van der Waals surface area (Å²) in [6.07, 6.45) is 2.80. The van der Waals surface area contributed by atoms with Gasteiger partial charge in [-0.25, -0.2) is 0 Å². The fourth-order valence-corrected chi connectivity index (χ4v) is 2.27. The van der Waals surface area contributed by atoms with Crippen LogP contribution in [0.25, 0.3) is 6.08 Å². The molecule has 0 amide bonds. The third kappa shape index (κ3) is 6.64. The van der Waals surface area contributed by atoms with E-state index in [4.69, 9.17) is 18.9 Å². The number of benzene rings is 2. The minimum atomic E-state index is -0.561. The molecule has 0 aliphatic heterocycles. The third-order valence-electron chi connectivity index (χ3n) is 3.65. The molecule has 0 unspecified atom stereocenters. The highest BCUT2D eigenvalue weighted by atomic mass is 16.6. The van der Waals surface area contributed by atoms with Crippen molar-refractivity contribution >= 4 is 12.0 Å². The first-order valence-electron chi connectivity index (χ1n) is 8.49. The molecule has 8 nitrogen and oxygen atoms in total. The standard InChI is InChI=1S/C20H21NO7/c1-25-16-6-8-17(9-7-16)27-13-3-4-20(22)28-18-10-5-15(11-12-21(23)24)14-19(18)26-2/h5-12,14H,3-4,13H2,1-2H3/b12-11+. The van der Waals surface area contributed by atoms with E-state index in [1.165, 1.54) is 19.3 Å². The summed E-state index contributed by atoms with van der Waals surface area (Å²) in [6, 6.07) is 11.8. The van der Waals surface area contributed by atoms with Crippen LogP contribution in [-0.2, 0) is 4.79 Å². The summed E-state index contributed by atoms with van der Waals surface area (Å²) >= 11 is 0. The Bertz CT molecular complexity index is 831. The summed E-state index contributed by atoms with van der Waals surface area (Å²) in [6.45, 7) is 0.364. The first-order chi connectivity index (χ1) is 13.5. The molecule has 0 atom stereocenters. The number of hydrogen-bond acceptors (Lipinski definition) is 7. The minimum absolute atomic E-state index is 0.169. The van der Waals surface area contributed by atoms with Crippen molar-refractivity contribution in [3.63, 3.8) is 0 Å². The van der Waals surface area contributed by atoms with Crippen LogP contribution >= 0.6 is 0 Å². The molecular formula is C20H21NO7. The van der Waals surface area contributed by atoms with E-state index in [0.29, 0.717) is 30.1 Å². The van der Waals surface area contributed by atoms with Crippen LogP contribution in [0.4, 0.5) is 0 Å². The second-order valence-corrected chi connectivity index (χ2v) is 5.61. The van der Waals surface area contributed by atoms with Crippen LogP contribution in [0.3, 0.4) is 0 Å². The van der Waals surface area contributed by atoms with Gasteiger partial charge in [0.05, 0.1) is 25.7 Å². The Kier molecular flexibility index (Phi) is 7.83. The molecule has 148 valence electrons. The summed E-state index contributed by atoms with van der Waals surface area (Å²) < 4.78 is 21.1. The maximum atomic E-state index is 12.0. The van der Waals surface area contributed by atoms with Crippen LogP contribution in [0, 0.1) is 10.1 Å². The fourth-order valence-electron chi connectivity index (χ4n) is 2.27. The molecule has 2 rings (SSSR count). The van der Waals surface area contributed by atoms with Crippen molar-refractivity contribution in [3.05, 3.63) is 64.3 Å². The van der Waals surface area contributed by atoms with Gasteiger partial charge < -0.3 is 18.9 Å². The van der Waals surface area contributed by atoms with E-state index in [2.05, 4.69) is 0 Å². The van der Waals surface area contributed by atoms with Crippen molar-refractivity contribution in [2.75, 3.05) is 20.8 Å². The lowest BCUT2D eigenvalue weighted by Gasteiger charge is -2.10. The lowest BCUT2D eigenvalue weighted by molar-refractivity contribution is -0.400. The van der Waals surface area contributed by atoms with Gasteiger partial charge in [-0.1, -0.05) is 6.07 Å². The average Bonchev–Trinajstić information content (AvgIpc) is 2.70. The van der Waals surface area contributed by atoms with Crippen molar-refractivity contribution in [2.24, 2.45) is 0 Å². The molecule has 2 aromatic carbocycles. The van der Waals surface area contributed by atoms with Crippen molar-refractivity contribution < 1.29 is 28.7 Å². The molecule has 0 aliphatic rings. The lowest BCUT2D eigenvalue weighted by Crippen LogP contribution is -2.10. The summed E-state index contributed by atoms with van der Waals surface area (Å²) in [4.78, 5) is 21.8. The molecule has 0 aromatic heterocycles. The van der Waals surface area contributed by atoms with E-state index in [1.54, 1.807) is 43.5 Å². The van der Waals surface area contributed by atoms with Gasteiger partial charge in [-0.2, -0.15) is 0 Å². The number of carbonyl (C=O) groups excluding carboxylic acids is 1. The van der Waals surface area contributed by atoms with E-state index in [1.807, 2.05) is 0 Å². The Morgan fingerprint density at radius 1 is 1.04 bits per heavy atom. The second-order valence-electron chi connectivity index (χ2n) is 5.61. The number of nitrogens with zero attached hydrogens (tertiary/aromatic N) is 1. The fraction of sp³-hybridized carbons (Fsp3) is 0.250. The molecule has 2 aromatic rings. The van der Waals surface area contributed by atoms with Gasteiger partial charge >= 0.3 is 5.97 Å². The third-order valence-corrected chi connectivity index (χ3v) is 3.65. The number of rotatable bonds is 10. The van der Waals surface area contributed by atoms with Crippen molar-refractivity contribution in [2.45, 2.75) is 12.8 Å². The van der Waals surface area contributed by atoms with Crippen LogP contribution < -0.4 is 18.9 Å². The van der Waals surface area contributed by atoms with Gasteiger partial charge in [-0.15, -0.1) is 0 Å². The molecule has 0 spiro atoms. The number of hydrogen-bond donors (Lipinski definition) is 0. The van der Waals surface area contributed by atoms with Gasteiger partial charge in [0.1, 0.15) is 11.5 Å². The molecule has 0 heterocycles. The molecule has 0 saturated carbocycles. The predicted molar refractivity (Wildman–Crippen MR) is 102 cm³/mol. The molecule has 0 aliphatic carbocycles. The minimum Gasteiger partial charge on any atom is -0.497 e. The summed E-state index contributed by atoms with van der Waals surface area (Å²) in [5, 5.41) is 10.4. The van der Waals surface area contributed by atoms with E-state index < -0.39 is 10.9 Å². The van der Waals surface area contributed by atoms with Gasteiger partial charge in [0.25, 0.3) is 0 Å². The first kappa shape index (κ1) is 20.8. The maximum Gasteiger partial charge on any atom is 0.311 e. The van der Waals surface area contributed by atoms with E-state index in [0.717, 1.165) is 11.9 Å². The van der Waals surface area contributed by atoms with Gasteiger partial charge in [0, 0.05) is 12.5 Å². The molecule has 0 radical (unpaired) electrons. The first-order valence-corrected chi connectivity index (χ1v) is 8.49. The number of carbonyl (C=O) groups is 1. The lowest BCUT2D eigenvalue weighted by atomic mass is 10.2. The Labute approximate surface area is 162 Å². The topological polar surface area (TPSA) is 97.1 Å². The zero-order valence-electron chi connectivity index (χ0n) is 15.6. The molecule has 0 bridgehead atoms. The van der Waals surface area contributed by atoms with Crippen molar-refractivity contribution in [1.82, 2.24) is 0 Å². The average molecular weight is 387 g/mol. The van der Waals surface area contributed by atoms with E-state index in [-0.39, 0.29) is 12.2 Å². The Morgan fingerprint density at radius 3 is 2.39 bits per heavy atom. The normalized spacial score (nSPS) is 10.5. The molecular weight excluding hydrogens is 366 g/mol. The molecule has 0 N–H and O–H groups in total. The summed E-state index contributed by atoms with van der Waals surface area (Å²) in [5.74, 6) is 1.57. The van der Waals surface area contributed by atoms with Crippen molar-refractivity contribution in [3.8, 4) is 23.0 Å². The highest BCUT2D eigenvalue weighted by Crippen LogP contribution is 2.29. The van der Waals surface area contributed by atoms with Crippen LogP contribution in [0.2, 0.25) is 0 Å². The van der Waals surface area contributed by atoms with Crippen LogP contribution in [0.1, 0.15) is 18.4 Å². The monoisotopic (exact) mass is 387 g/mol. The van der Waals surface area contributed by atoms with Crippen LogP contribution in [-0.4, -0.2) is 31.7 Å². The Hall–Kier alpha value is -3.55. The molecule has 0 saturated heterocycles. The highest BCUT2D eigenvalue weighted by Gasteiger charge is 2.11. The van der Waals surface area contributed by atoms with Gasteiger partial charge in [-0.3, -0.25) is 14.9 Å². The number of nitro groups is 1. The van der Waals surface area contributed by atoms with Gasteiger partial charge in [-0.05, 0) is 48.4 Å². The smallest absolute Gasteiger partial charge is 0.311 e. The highest BCUT2D eigenvalue weighted by molar-refractivity contribution is 5.73. The zero-order chi connectivity index (χ0) is 20.4. The second kappa shape index (κ2) is 10.6. The predicted octanol–water partition coefficient (Wildman–Crippen LogP) is 3.72. The van der Waals surface area contributed by atoms with E-state index in [9.17, 15) is 14.9 Å². The van der Waals surface area contributed by atoms with Gasteiger partial charge in [0.2, 0.25) is 6.20 Å². The molecule has 8 heteroatoms. The zero-order valence-corrected chi connectivity index (χ0v) is 15.6. The van der Waals surface area contributed by atoms with E-state index >= 15 is 0 Å². The van der Waals surface area contributed by atoms with Crippen LogP contribution in [0.15, 0.2) is 48.7 Å². The largest absolute Gasteiger partial charge is 0.497 e. The summed E-state index contributed by atoms with van der Waals surface area (Å²) in [5.41, 5.74) is 0.557.